The summed E-state index contributed by atoms with van der Waals surface area (Å²) in [4.78, 5) is 17.1. The first-order valence-electron chi connectivity index (χ1n) is 10.8. The van der Waals surface area contributed by atoms with Gasteiger partial charge >= 0.3 is 5.97 Å². The molecule has 7 nitrogen and oxygen atoms in total. The smallest absolute Gasteiger partial charge is 0.306 e. The fraction of sp³-hybridized carbons (Fsp3) is 0.269. The summed E-state index contributed by atoms with van der Waals surface area (Å²) in [5.41, 5.74) is 4.76. The van der Waals surface area contributed by atoms with Gasteiger partial charge in [0, 0.05) is 47.9 Å². The molecule has 7 heteroatoms. The maximum atomic E-state index is 12.5. The third-order valence-corrected chi connectivity index (χ3v) is 5.60. The highest BCUT2D eigenvalue weighted by molar-refractivity contribution is 5.84. The fourth-order valence-electron chi connectivity index (χ4n) is 3.94. The normalized spacial score (nSPS) is 11.9. The summed E-state index contributed by atoms with van der Waals surface area (Å²) in [7, 11) is 5.11. The number of hydrogen-bond donors (Lipinski definition) is 0. The monoisotopic (exact) mass is 445 g/mol. The lowest BCUT2D eigenvalue weighted by Crippen LogP contribution is -2.12. The van der Waals surface area contributed by atoms with Crippen LogP contribution in [0.5, 0.6) is 11.5 Å². The number of fused-ring (bicyclic) bond motifs is 1. The van der Waals surface area contributed by atoms with Gasteiger partial charge in [-0.05, 0) is 48.4 Å². The summed E-state index contributed by atoms with van der Waals surface area (Å²) in [6.07, 6.45) is 5.82. The van der Waals surface area contributed by atoms with Gasteiger partial charge in [0.1, 0.15) is 11.5 Å². The SMILES string of the molecule is CCOC(=O)CC(c1cc(OC)cc(OC)c1)c1ccc2ncc(-c3cnn(C)c3)cc2c1. The summed E-state index contributed by atoms with van der Waals surface area (Å²) >= 11 is 0. The molecule has 2 aromatic carbocycles. The van der Waals surface area contributed by atoms with Crippen LogP contribution in [0.3, 0.4) is 0 Å². The fourth-order valence-corrected chi connectivity index (χ4v) is 3.94. The minimum absolute atomic E-state index is 0.200. The zero-order valence-electron chi connectivity index (χ0n) is 19.2. The van der Waals surface area contributed by atoms with Gasteiger partial charge < -0.3 is 14.2 Å². The minimum atomic E-state index is -0.258. The second-order valence-electron chi connectivity index (χ2n) is 7.79. The Bertz CT molecular complexity index is 1260. The molecule has 4 aromatic rings. The van der Waals surface area contributed by atoms with Crippen LogP contribution in [0.1, 0.15) is 30.4 Å². The zero-order chi connectivity index (χ0) is 23.4. The molecule has 170 valence electrons. The molecule has 1 atom stereocenters. The molecule has 0 aliphatic heterocycles. The second-order valence-corrected chi connectivity index (χ2v) is 7.79. The number of aryl methyl sites for hydroxylation is 1. The van der Waals surface area contributed by atoms with Crippen molar-refractivity contribution in [2.24, 2.45) is 7.05 Å². The number of carbonyl (C=O) groups is 1. The number of rotatable bonds is 8. The molecule has 0 fully saturated rings. The van der Waals surface area contributed by atoms with Crippen LogP contribution in [-0.4, -0.2) is 41.6 Å². The quantitative estimate of drug-likeness (QED) is 0.365. The van der Waals surface area contributed by atoms with Crippen LogP contribution in [0.15, 0.2) is 61.1 Å². The number of ether oxygens (including phenoxy) is 3. The van der Waals surface area contributed by atoms with Gasteiger partial charge in [0.2, 0.25) is 0 Å². The van der Waals surface area contributed by atoms with Gasteiger partial charge in [0.25, 0.3) is 0 Å². The number of pyridine rings is 1. The average Bonchev–Trinajstić information content (AvgIpc) is 3.27. The van der Waals surface area contributed by atoms with Crippen molar-refractivity contribution in [3.8, 4) is 22.6 Å². The standard InChI is InChI=1S/C26H27N3O4/c1-5-33-26(30)13-24(18-10-22(31-3)12-23(11-18)32-4)17-6-7-25-19(8-17)9-20(14-27-25)21-15-28-29(2)16-21/h6-12,14-16,24H,5,13H2,1-4H3. The van der Waals surface area contributed by atoms with Crippen LogP contribution in [0, 0.1) is 0 Å². The third kappa shape index (κ3) is 4.98. The lowest BCUT2D eigenvalue weighted by atomic mass is 9.87. The first-order valence-corrected chi connectivity index (χ1v) is 10.8. The molecule has 0 saturated carbocycles. The van der Waals surface area contributed by atoms with Gasteiger partial charge in [-0.25, -0.2) is 0 Å². The molecule has 4 rings (SSSR count). The summed E-state index contributed by atoms with van der Waals surface area (Å²) < 4.78 is 18.0. The van der Waals surface area contributed by atoms with E-state index in [0.717, 1.165) is 33.2 Å². The summed E-state index contributed by atoms with van der Waals surface area (Å²) in [5.74, 6) is 0.838. The Labute approximate surface area is 192 Å². The summed E-state index contributed by atoms with van der Waals surface area (Å²) in [6.45, 7) is 2.15. The van der Waals surface area contributed by atoms with Gasteiger partial charge in [-0.15, -0.1) is 0 Å². The van der Waals surface area contributed by atoms with E-state index in [4.69, 9.17) is 14.2 Å². The predicted octanol–water partition coefficient (Wildman–Crippen LogP) is 4.74. The number of aromatic nitrogens is 3. The molecule has 0 aliphatic rings. The van der Waals surface area contributed by atoms with Gasteiger partial charge in [0.05, 0.1) is 39.0 Å². The zero-order valence-corrected chi connectivity index (χ0v) is 19.2. The van der Waals surface area contributed by atoms with Crippen molar-refractivity contribution in [1.82, 2.24) is 14.8 Å². The maximum absolute atomic E-state index is 12.5. The lowest BCUT2D eigenvalue weighted by Gasteiger charge is -2.19. The molecule has 0 radical (unpaired) electrons. The lowest BCUT2D eigenvalue weighted by molar-refractivity contribution is -0.143. The first kappa shape index (κ1) is 22.3. The number of methoxy groups -OCH3 is 2. The van der Waals surface area contributed by atoms with Crippen LogP contribution in [0.2, 0.25) is 0 Å². The Morgan fingerprint density at radius 2 is 1.73 bits per heavy atom. The van der Waals surface area contributed by atoms with Gasteiger partial charge in [0.15, 0.2) is 0 Å². The molecule has 0 saturated heterocycles. The van der Waals surface area contributed by atoms with Crippen molar-refractivity contribution < 1.29 is 19.0 Å². The van der Waals surface area contributed by atoms with E-state index in [1.54, 1.807) is 18.9 Å². The Morgan fingerprint density at radius 1 is 0.970 bits per heavy atom. The second kappa shape index (κ2) is 9.73. The topological polar surface area (TPSA) is 75.5 Å². The summed E-state index contributed by atoms with van der Waals surface area (Å²) in [5, 5.41) is 5.24. The van der Waals surface area contributed by atoms with Crippen LogP contribution in [-0.2, 0) is 16.6 Å². The first-order chi connectivity index (χ1) is 16.0. The van der Waals surface area contributed by atoms with E-state index < -0.39 is 0 Å². The molecule has 0 N–H and O–H groups in total. The Kier molecular flexibility index (Phi) is 6.58. The highest BCUT2D eigenvalue weighted by Crippen LogP contribution is 2.35. The van der Waals surface area contributed by atoms with E-state index in [1.807, 2.05) is 62.9 Å². The Balaban J connectivity index is 1.80. The molecule has 2 aromatic heterocycles. The van der Waals surface area contributed by atoms with Crippen molar-refractivity contribution in [2.75, 3.05) is 20.8 Å². The molecule has 2 heterocycles. The third-order valence-electron chi connectivity index (χ3n) is 5.60. The van der Waals surface area contributed by atoms with Crippen LogP contribution in [0.4, 0.5) is 0 Å². The minimum Gasteiger partial charge on any atom is -0.497 e. The van der Waals surface area contributed by atoms with E-state index in [2.05, 4.69) is 22.2 Å². The van der Waals surface area contributed by atoms with Crippen LogP contribution >= 0.6 is 0 Å². The number of carbonyl (C=O) groups excluding carboxylic acids is 1. The van der Waals surface area contributed by atoms with Gasteiger partial charge in [-0.2, -0.15) is 5.10 Å². The number of nitrogens with zero attached hydrogens (tertiary/aromatic N) is 3. The van der Waals surface area contributed by atoms with Crippen LogP contribution in [0.25, 0.3) is 22.0 Å². The van der Waals surface area contributed by atoms with E-state index in [0.29, 0.717) is 18.1 Å². The van der Waals surface area contributed by atoms with Crippen molar-refractivity contribution in [2.45, 2.75) is 19.3 Å². The predicted molar refractivity (Wildman–Crippen MR) is 127 cm³/mol. The molecule has 33 heavy (non-hydrogen) atoms. The van der Waals surface area contributed by atoms with E-state index >= 15 is 0 Å². The average molecular weight is 446 g/mol. The van der Waals surface area contributed by atoms with E-state index in [1.165, 1.54) is 0 Å². The van der Waals surface area contributed by atoms with Crippen LogP contribution < -0.4 is 9.47 Å². The molecule has 0 spiro atoms. The molecular weight excluding hydrogens is 418 g/mol. The van der Waals surface area contributed by atoms with Gasteiger partial charge in [-0.3, -0.25) is 14.5 Å². The Morgan fingerprint density at radius 3 is 2.36 bits per heavy atom. The maximum Gasteiger partial charge on any atom is 0.306 e. The highest BCUT2D eigenvalue weighted by atomic mass is 16.5. The number of hydrogen-bond acceptors (Lipinski definition) is 6. The van der Waals surface area contributed by atoms with Crippen molar-refractivity contribution in [3.05, 3.63) is 72.2 Å². The summed E-state index contributed by atoms with van der Waals surface area (Å²) in [6, 6.07) is 13.8. The molecule has 1 unspecified atom stereocenters. The van der Waals surface area contributed by atoms with E-state index in [-0.39, 0.29) is 18.3 Å². The molecule has 0 aliphatic carbocycles. The number of esters is 1. The molecular formula is C26H27N3O4. The molecule has 0 bridgehead atoms. The van der Waals surface area contributed by atoms with Crippen molar-refractivity contribution in [3.63, 3.8) is 0 Å². The van der Waals surface area contributed by atoms with Crippen molar-refractivity contribution >= 4 is 16.9 Å². The van der Waals surface area contributed by atoms with Crippen molar-refractivity contribution in [1.29, 1.82) is 0 Å². The number of benzene rings is 2. The van der Waals surface area contributed by atoms with E-state index in [9.17, 15) is 4.79 Å². The highest BCUT2D eigenvalue weighted by Gasteiger charge is 2.21. The van der Waals surface area contributed by atoms with Gasteiger partial charge in [-0.1, -0.05) is 6.07 Å². The molecule has 0 amide bonds. The Hall–Kier alpha value is -3.87. The largest absolute Gasteiger partial charge is 0.497 e.